The van der Waals surface area contributed by atoms with Crippen molar-refractivity contribution >= 4 is 11.4 Å². The van der Waals surface area contributed by atoms with Crippen molar-refractivity contribution in [3.63, 3.8) is 0 Å². The van der Waals surface area contributed by atoms with Crippen molar-refractivity contribution in [2.24, 2.45) is 0 Å². The van der Waals surface area contributed by atoms with Crippen molar-refractivity contribution < 1.29 is 4.74 Å². The van der Waals surface area contributed by atoms with Gasteiger partial charge in [-0.15, -0.1) is 0 Å². The van der Waals surface area contributed by atoms with Gasteiger partial charge in [0.25, 0.3) is 0 Å². The van der Waals surface area contributed by atoms with Crippen LogP contribution in [-0.4, -0.2) is 6.61 Å². The lowest BCUT2D eigenvalue weighted by molar-refractivity contribution is 0.342. The summed E-state index contributed by atoms with van der Waals surface area (Å²) in [6.07, 6.45) is 0. The zero-order valence-corrected chi connectivity index (χ0v) is 9.31. The summed E-state index contributed by atoms with van der Waals surface area (Å²) in [5.41, 5.74) is 2.06. The molecule has 0 aliphatic carbocycles. The van der Waals surface area contributed by atoms with Crippen LogP contribution >= 0.6 is 0 Å². The van der Waals surface area contributed by atoms with Crippen LogP contribution in [0.25, 0.3) is 0 Å². The van der Waals surface area contributed by atoms with E-state index in [2.05, 4.69) is 5.32 Å². The number of ether oxygens (including phenoxy) is 1. The summed E-state index contributed by atoms with van der Waals surface area (Å²) in [7, 11) is 0. The molecule has 0 fully saturated rings. The van der Waals surface area contributed by atoms with Gasteiger partial charge in [-0.2, -0.15) is 0 Å². The molecule has 0 spiro atoms. The molecule has 0 unspecified atom stereocenters. The number of anilines is 2. The Kier molecular flexibility index (Phi) is 3.44. The van der Waals surface area contributed by atoms with E-state index in [1.807, 2.05) is 61.5 Å². The summed E-state index contributed by atoms with van der Waals surface area (Å²) in [5.74, 6) is 0.883. The number of benzene rings is 2. The van der Waals surface area contributed by atoms with E-state index in [1.54, 1.807) is 0 Å². The van der Waals surface area contributed by atoms with Crippen LogP contribution in [0, 0.1) is 0 Å². The minimum atomic E-state index is 0.674. The summed E-state index contributed by atoms with van der Waals surface area (Å²) in [5, 5.41) is 3.33. The molecular formula is C14H15NO. The van der Waals surface area contributed by atoms with Gasteiger partial charge in [-0.3, -0.25) is 0 Å². The maximum Gasteiger partial charge on any atom is 0.142 e. The highest BCUT2D eigenvalue weighted by Gasteiger charge is 2.01. The number of para-hydroxylation sites is 3. The lowest BCUT2D eigenvalue weighted by Crippen LogP contribution is -1.97. The summed E-state index contributed by atoms with van der Waals surface area (Å²) in [6.45, 7) is 2.66. The summed E-state index contributed by atoms with van der Waals surface area (Å²) < 4.78 is 5.55. The molecular weight excluding hydrogens is 198 g/mol. The SMILES string of the molecule is CCOc1ccccc1Nc1ccccc1. The van der Waals surface area contributed by atoms with Crippen LogP contribution < -0.4 is 10.1 Å². The second-order valence-electron chi connectivity index (χ2n) is 3.42. The monoisotopic (exact) mass is 213 g/mol. The molecule has 0 aliphatic rings. The van der Waals surface area contributed by atoms with Crippen molar-refractivity contribution in [2.75, 3.05) is 11.9 Å². The van der Waals surface area contributed by atoms with Crippen molar-refractivity contribution in [1.29, 1.82) is 0 Å². The molecule has 0 bridgehead atoms. The molecule has 0 saturated carbocycles. The van der Waals surface area contributed by atoms with E-state index in [1.165, 1.54) is 0 Å². The van der Waals surface area contributed by atoms with Gasteiger partial charge in [-0.1, -0.05) is 30.3 Å². The Morgan fingerprint density at radius 1 is 0.938 bits per heavy atom. The van der Waals surface area contributed by atoms with Crippen LogP contribution in [0.15, 0.2) is 54.6 Å². The quantitative estimate of drug-likeness (QED) is 0.833. The predicted octanol–water partition coefficient (Wildman–Crippen LogP) is 3.83. The van der Waals surface area contributed by atoms with Crippen LogP contribution in [0.3, 0.4) is 0 Å². The van der Waals surface area contributed by atoms with Gasteiger partial charge in [-0.25, -0.2) is 0 Å². The fourth-order valence-corrected chi connectivity index (χ4v) is 1.53. The Bertz CT molecular complexity index is 439. The second-order valence-corrected chi connectivity index (χ2v) is 3.42. The normalized spacial score (nSPS) is 9.81. The van der Waals surface area contributed by atoms with Crippen LogP contribution in [0.5, 0.6) is 5.75 Å². The molecule has 2 aromatic carbocycles. The van der Waals surface area contributed by atoms with E-state index < -0.39 is 0 Å². The summed E-state index contributed by atoms with van der Waals surface area (Å²) in [6, 6.07) is 18.0. The Hall–Kier alpha value is -1.96. The fourth-order valence-electron chi connectivity index (χ4n) is 1.53. The van der Waals surface area contributed by atoms with E-state index in [-0.39, 0.29) is 0 Å². The molecule has 1 N–H and O–H groups in total. The number of hydrogen-bond donors (Lipinski definition) is 1. The third-order valence-corrected chi connectivity index (χ3v) is 2.24. The van der Waals surface area contributed by atoms with Gasteiger partial charge < -0.3 is 10.1 Å². The zero-order chi connectivity index (χ0) is 11.2. The van der Waals surface area contributed by atoms with Crippen molar-refractivity contribution in [1.82, 2.24) is 0 Å². The average molecular weight is 213 g/mol. The van der Waals surface area contributed by atoms with Gasteiger partial charge in [0.05, 0.1) is 12.3 Å². The van der Waals surface area contributed by atoms with Gasteiger partial charge in [-0.05, 0) is 31.2 Å². The maximum absolute atomic E-state index is 5.55. The number of rotatable bonds is 4. The van der Waals surface area contributed by atoms with Gasteiger partial charge in [0.15, 0.2) is 0 Å². The summed E-state index contributed by atoms with van der Waals surface area (Å²) >= 11 is 0. The standard InChI is InChI=1S/C14H15NO/c1-2-16-14-11-7-6-10-13(14)15-12-8-4-3-5-9-12/h3-11,15H,2H2,1H3. The molecule has 2 aromatic rings. The molecule has 2 heteroatoms. The van der Waals surface area contributed by atoms with Crippen LogP contribution in [0.1, 0.15) is 6.92 Å². The van der Waals surface area contributed by atoms with E-state index in [0.717, 1.165) is 17.1 Å². The average Bonchev–Trinajstić information content (AvgIpc) is 2.33. The first-order valence-electron chi connectivity index (χ1n) is 5.44. The van der Waals surface area contributed by atoms with Gasteiger partial charge in [0, 0.05) is 5.69 Å². The van der Waals surface area contributed by atoms with Crippen LogP contribution in [-0.2, 0) is 0 Å². The molecule has 0 aromatic heterocycles. The third kappa shape index (κ3) is 2.54. The van der Waals surface area contributed by atoms with E-state index in [4.69, 9.17) is 4.74 Å². The highest BCUT2D eigenvalue weighted by atomic mass is 16.5. The Balaban J connectivity index is 2.21. The molecule has 82 valence electrons. The Labute approximate surface area is 95.9 Å². The molecule has 2 nitrogen and oxygen atoms in total. The van der Waals surface area contributed by atoms with Crippen LogP contribution in [0.4, 0.5) is 11.4 Å². The Morgan fingerprint density at radius 2 is 1.62 bits per heavy atom. The van der Waals surface area contributed by atoms with E-state index in [0.29, 0.717) is 6.61 Å². The maximum atomic E-state index is 5.55. The molecule has 0 heterocycles. The van der Waals surface area contributed by atoms with E-state index >= 15 is 0 Å². The predicted molar refractivity (Wildman–Crippen MR) is 67.3 cm³/mol. The molecule has 16 heavy (non-hydrogen) atoms. The highest BCUT2D eigenvalue weighted by Crippen LogP contribution is 2.26. The van der Waals surface area contributed by atoms with E-state index in [9.17, 15) is 0 Å². The number of nitrogens with one attached hydrogen (secondary N) is 1. The molecule has 0 aliphatic heterocycles. The molecule has 0 atom stereocenters. The molecule has 2 rings (SSSR count). The zero-order valence-electron chi connectivity index (χ0n) is 9.31. The lowest BCUT2D eigenvalue weighted by atomic mass is 10.2. The molecule has 0 saturated heterocycles. The minimum absolute atomic E-state index is 0.674. The topological polar surface area (TPSA) is 21.3 Å². The van der Waals surface area contributed by atoms with Crippen molar-refractivity contribution in [3.8, 4) is 5.75 Å². The number of hydrogen-bond acceptors (Lipinski definition) is 2. The molecule has 0 radical (unpaired) electrons. The first-order chi connectivity index (χ1) is 7.90. The first kappa shape index (κ1) is 10.6. The first-order valence-corrected chi connectivity index (χ1v) is 5.44. The highest BCUT2D eigenvalue weighted by molar-refractivity contribution is 5.65. The lowest BCUT2D eigenvalue weighted by Gasteiger charge is -2.11. The minimum Gasteiger partial charge on any atom is -0.492 e. The smallest absolute Gasteiger partial charge is 0.142 e. The van der Waals surface area contributed by atoms with Crippen molar-refractivity contribution in [2.45, 2.75) is 6.92 Å². The molecule has 0 amide bonds. The largest absolute Gasteiger partial charge is 0.492 e. The van der Waals surface area contributed by atoms with Gasteiger partial charge in [0.1, 0.15) is 5.75 Å². The fraction of sp³-hybridized carbons (Fsp3) is 0.143. The van der Waals surface area contributed by atoms with Crippen LogP contribution in [0.2, 0.25) is 0 Å². The third-order valence-electron chi connectivity index (χ3n) is 2.24. The van der Waals surface area contributed by atoms with Crippen molar-refractivity contribution in [3.05, 3.63) is 54.6 Å². The Morgan fingerprint density at radius 3 is 2.38 bits per heavy atom. The van der Waals surface area contributed by atoms with Gasteiger partial charge in [0.2, 0.25) is 0 Å². The summed E-state index contributed by atoms with van der Waals surface area (Å²) in [4.78, 5) is 0. The van der Waals surface area contributed by atoms with Gasteiger partial charge >= 0.3 is 0 Å². The second kappa shape index (κ2) is 5.21.